The average molecular weight is 235 g/mol. The number of hydrogen-bond donors (Lipinski definition) is 2. The number of nitrogens with two attached hydrogens (primary N) is 1. The highest BCUT2D eigenvalue weighted by atomic mass is 15.1. The van der Waals surface area contributed by atoms with E-state index in [1.165, 1.54) is 18.5 Å². The van der Waals surface area contributed by atoms with Crippen molar-refractivity contribution in [3.63, 3.8) is 0 Å². The summed E-state index contributed by atoms with van der Waals surface area (Å²) in [6.45, 7) is 10.8. The summed E-state index contributed by atoms with van der Waals surface area (Å²) in [5.74, 6) is 0. The van der Waals surface area contributed by atoms with Crippen LogP contribution in [0, 0.1) is 6.92 Å². The predicted molar refractivity (Wildman–Crippen MR) is 76.5 cm³/mol. The van der Waals surface area contributed by atoms with Crippen molar-refractivity contribution in [2.24, 2.45) is 0 Å². The van der Waals surface area contributed by atoms with E-state index in [9.17, 15) is 0 Å². The SMILES string of the molecule is CCCN(CC)CCNc1ccc(C)cc1N. The number of nitrogens with one attached hydrogen (secondary N) is 1. The van der Waals surface area contributed by atoms with E-state index in [-0.39, 0.29) is 0 Å². The first-order chi connectivity index (χ1) is 8.17. The largest absolute Gasteiger partial charge is 0.397 e. The molecule has 3 heteroatoms. The number of nitrogen functional groups attached to an aromatic ring is 1. The van der Waals surface area contributed by atoms with Gasteiger partial charge in [0.15, 0.2) is 0 Å². The number of nitrogens with zero attached hydrogens (tertiary/aromatic N) is 1. The second-order valence-electron chi connectivity index (χ2n) is 4.45. The first kappa shape index (κ1) is 13.8. The normalized spacial score (nSPS) is 10.8. The molecule has 0 aromatic heterocycles. The fraction of sp³-hybridized carbons (Fsp3) is 0.571. The van der Waals surface area contributed by atoms with Crippen molar-refractivity contribution in [3.8, 4) is 0 Å². The molecule has 0 aliphatic rings. The highest BCUT2D eigenvalue weighted by Crippen LogP contribution is 2.18. The summed E-state index contributed by atoms with van der Waals surface area (Å²) in [6, 6.07) is 6.15. The molecule has 3 nitrogen and oxygen atoms in total. The lowest BCUT2D eigenvalue weighted by molar-refractivity contribution is 0.300. The number of anilines is 2. The van der Waals surface area contributed by atoms with Gasteiger partial charge >= 0.3 is 0 Å². The van der Waals surface area contributed by atoms with Gasteiger partial charge in [-0.3, -0.25) is 0 Å². The van der Waals surface area contributed by atoms with Crippen LogP contribution in [0.4, 0.5) is 11.4 Å². The van der Waals surface area contributed by atoms with E-state index >= 15 is 0 Å². The fourth-order valence-electron chi connectivity index (χ4n) is 1.94. The maximum Gasteiger partial charge on any atom is 0.0574 e. The molecule has 0 radical (unpaired) electrons. The number of rotatable bonds is 7. The molecule has 0 bridgehead atoms. The quantitative estimate of drug-likeness (QED) is 0.714. The molecule has 17 heavy (non-hydrogen) atoms. The maximum absolute atomic E-state index is 5.95. The number of aryl methyl sites for hydroxylation is 1. The van der Waals surface area contributed by atoms with E-state index in [0.717, 1.165) is 31.0 Å². The van der Waals surface area contributed by atoms with Crippen LogP contribution in [0.3, 0.4) is 0 Å². The van der Waals surface area contributed by atoms with Gasteiger partial charge in [-0.15, -0.1) is 0 Å². The zero-order valence-corrected chi connectivity index (χ0v) is 11.3. The van der Waals surface area contributed by atoms with Crippen LogP contribution in [-0.2, 0) is 0 Å². The van der Waals surface area contributed by atoms with Gasteiger partial charge in [-0.2, -0.15) is 0 Å². The second kappa shape index (κ2) is 7.17. The van der Waals surface area contributed by atoms with Crippen LogP contribution >= 0.6 is 0 Å². The fourth-order valence-corrected chi connectivity index (χ4v) is 1.94. The molecule has 0 atom stereocenters. The van der Waals surface area contributed by atoms with E-state index in [1.54, 1.807) is 0 Å². The van der Waals surface area contributed by atoms with Crippen molar-refractivity contribution in [1.29, 1.82) is 0 Å². The standard InChI is InChI=1S/C14H25N3/c1-4-9-17(5-2)10-8-16-14-7-6-12(3)11-13(14)15/h6-7,11,16H,4-5,8-10,15H2,1-3H3. The van der Waals surface area contributed by atoms with Crippen LogP contribution < -0.4 is 11.1 Å². The molecule has 0 unspecified atom stereocenters. The third kappa shape index (κ3) is 4.65. The number of hydrogen-bond acceptors (Lipinski definition) is 3. The summed E-state index contributed by atoms with van der Waals surface area (Å²) in [5.41, 5.74) is 9.04. The van der Waals surface area contributed by atoms with E-state index in [4.69, 9.17) is 5.73 Å². The Balaban J connectivity index is 2.39. The monoisotopic (exact) mass is 235 g/mol. The van der Waals surface area contributed by atoms with Gasteiger partial charge in [0.05, 0.1) is 11.4 Å². The van der Waals surface area contributed by atoms with Gasteiger partial charge in [0.2, 0.25) is 0 Å². The topological polar surface area (TPSA) is 41.3 Å². The Morgan fingerprint density at radius 3 is 2.59 bits per heavy atom. The number of likely N-dealkylation sites (N-methyl/N-ethyl adjacent to an activating group) is 1. The molecule has 0 amide bonds. The Bertz CT molecular complexity index is 336. The molecule has 1 aromatic carbocycles. The van der Waals surface area contributed by atoms with Gasteiger partial charge in [-0.05, 0) is 44.1 Å². The molecule has 0 fully saturated rings. The lowest BCUT2D eigenvalue weighted by atomic mass is 10.2. The molecule has 0 heterocycles. The Kier molecular flexibility index (Phi) is 5.84. The van der Waals surface area contributed by atoms with Crippen LogP contribution in [0.1, 0.15) is 25.8 Å². The van der Waals surface area contributed by atoms with Crippen LogP contribution in [0.25, 0.3) is 0 Å². The highest BCUT2D eigenvalue weighted by Gasteiger charge is 2.01. The van der Waals surface area contributed by atoms with E-state index in [0.29, 0.717) is 0 Å². The molecule has 0 saturated heterocycles. The summed E-state index contributed by atoms with van der Waals surface area (Å²) in [5, 5.41) is 3.40. The van der Waals surface area contributed by atoms with Gasteiger partial charge in [-0.1, -0.05) is 19.9 Å². The molecule has 1 aromatic rings. The molecular formula is C14H25N3. The highest BCUT2D eigenvalue weighted by molar-refractivity contribution is 5.66. The first-order valence-electron chi connectivity index (χ1n) is 6.49. The summed E-state index contributed by atoms with van der Waals surface area (Å²) in [4.78, 5) is 2.44. The van der Waals surface area contributed by atoms with Crippen molar-refractivity contribution in [3.05, 3.63) is 23.8 Å². The third-order valence-electron chi connectivity index (χ3n) is 2.94. The molecule has 96 valence electrons. The van der Waals surface area contributed by atoms with Gasteiger partial charge in [0.25, 0.3) is 0 Å². The molecule has 0 spiro atoms. The van der Waals surface area contributed by atoms with Crippen molar-refractivity contribution >= 4 is 11.4 Å². The summed E-state index contributed by atoms with van der Waals surface area (Å²) >= 11 is 0. The van der Waals surface area contributed by atoms with E-state index in [1.807, 2.05) is 6.07 Å². The average Bonchev–Trinajstić information content (AvgIpc) is 2.30. The summed E-state index contributed by atoms with van der Waals surface area (Å²) < 4.78 is 0. The van der Waals surface area contributed by atoms with Gasteiger partial charge < -0.3 is 16.0 Å². The first-order valence-corrected chi connectivity index (χ1v) is 6.49. The van der Waals surface area contributed by atoms with E-state index < -0.39 is 0 Å². The molecular weight excluding hydrogens is 210 g/mol. The smallest absolute Gasteiger partial charge is 0.0574 e. The van der Waals surface area contributed by atoms with Crippen molar-refractivity contribution in [1.82, 2.24) is 4.90 Å². The van der Waals surface area contributed by atoms with E-state index in [2.05, 4.69) is 43.1 Å². The third-order valence-corrected chi connectivity index (χ3v) is 2.94. The molecule has 1 rings (SSSR count). The minimum atomic E-state index is 0.837. The van der Waals surface area contributed by atoms with Gasteiger partial charge in [0.1, 0.15) is 0 Å². The Morgan fingerprint density at radius 1 is 1.24 bits per heavy atom. The zero-order chi connectivity index (χ0) is 12.7. The predicted octanol–water partition coefficient (Wildman–Crippen LogP) is 2.72. The Hall–Kier alpha value is -1.22. The van der Waals surface area contributed by atoms with Crippen molar-refractivity contribution in [2.45, 2.75) is 27.2 Å². The number of benzene rings is 1. The maximum atomic E-state index is 5.95. The van der Waals surface area contributed by atoms with Crippen LogP contribution in [0.5, 0.6) is 0 Å². The molecule has 0 aliphatic heterocycles. The summed E-state index contributed by atoms with van der Waals surface area (Å²) in [7, 11) is 0. The van der Waals surface area contributed by atoms with Crippen LogP contribution in [0.2, 0.25) is 0 Å². The van der Waals surface area contributed by atoms with Crippen LogP contribution in [-0.4, -0.2) is 31.1 Å². The molecule has 0 saturated carbocycles. The minimum Gasteiger partial charge on any atom is -0.397 e. The molecule has 0 aliphatic carbocycles. The van der Waals surface area contributed by atoms with Gasteiger partial charge in [-0.25, -0.2) is 0 Å². The summed E-state index contributed by atoms with van der Waals surface area (Å²) in [6.07, 6.45) is 1.21. The van der Waals surface area contributed by atoms with Gasteiger partial charge in [0, 0.05) is 13.1 Å². The zero-order valence-electron chi connectivity index (χ0n) is 11.3. The van der Waals surface area contributed by atoms with Crippen molar-refractivity contribution in [2.75, 3.05) is 37.2 Å². The lowest BCUT2D eigenvalue weighted by Gasteiger charge is -2.20. The lowest BCUT2D eigenvalue weighted by Crippen LogP contribution is -2.29. The molecule has 3 N–H and O–H groups in total. The van der Waals surface area contributed by atoms with Crippen LogP contribution in [0.15, 0.2) is 18.2 Å². The Morgan fingerprint density at radius 2 is 2.00 bits per heavy atom. The van der Waals surface area contributed by atoms with Crippen molar-refractivity contribution < 1.29 is 0 Å². The Labute approximate surface area is 105 Å². The second-order valence-corrected chi connectivity index (χ2v) is 4.45. The minimum absolute atomic E-state index is 0.837.